The first-order valence-corrected chi connectivity index (χ1v) is 10.2. The van der Waals surface area contributed by atoms with Crippen molar-refractivity contribution < 1.29 is 27.6 Å². The lowest BCUT2D eigenvalue weighted by molar-refractivity contribution is 0.0726. The molecule has 1 aromatic heterocycles. The molecular weight excluding hydrogens is 430 g/mol. The normalized spacial score (nSPS) is 12.1. The molecule has 1 aliphatic rings. The fraction of sp³-hybridized carbons (Fsp3) is 0.120. The van der Waals surface area contributed by atoms with Crippen LogP contribution in [0.2, 0.25) is 0 Å². The van der Waals surface area contributed by atoms with Crippen LogP contribution in [0.1, 0.15) is 21.6 Å². The minimum Gasteiger partial charge on any atom is -0.454 e. The van der Waals surface area contributed by atoms with Crippen LogP contribution >= 0.6 is 0 Å². The Morgan fingerprint density at radius 2 is 1.55 bits per heavy atom. The van der Waals surface area contributed by atoms with E-state index in [0.29, 0.717) is 34.1 Å². The van der Waals surface area contributed by atoms with Crippen LogP contribution in [0.3, 0.4) is 0 Å². The molecule has 0 atom stereocenters. The van der Waals surface area contributed by atoms with Gasteiger partial charge in [0.15, 0.2) is 17.3 Å². The van der Waals surface area contributed by atoms with E-state index in [1.54, 1.807) is 29.2 Å². The highest BCUT2D eigenvalue weighted by molar-refractivity contribution is 5.94. The first-order valence-electron chi connectivity index (χ1n) is 10.2. The number of ether oxygens (including phenoxy) is 2. The number of fused-ring (bicyclic) bond motifs is 1. The van der Waals surface area contributed by atoms with Crippen LogP contribution < -0.4 is 9.47 Å². The Hall–Kier alpha value is -4.20. The number of hydrogen-bond acceptors (Lipinski definition) is 5. The molecule has 0 saturated heterocycles. The number of aromatic nitrogens is 1. The Labute approximate surface area is 188 Å². The van der Waals surface area contributed by atoms with Gasteiger partial charge in [0, 0.05) is 23.7 Å². The van der Waals surface area contributed by atoms with E-state index in [4.69, 9.17) is 14.0 Å². The lowest BCUT2D eigenvalue weighted by atomic mass is 10.1. The highest BCUT2D eigenvalue weighted by Gasteiger charge is 2.21. The summed E-state index contributed by atoms with van der Waals surface area (Å²) in [6.45, 7) is 0.559. The second-order valence-corrected chi connectivity index (χ2v) is 7.55. The standard InChI is InChI=1S/C25H18F2N2O4/c26-19-6-2-17(3-7-19)23-12-21(28-33-23)14-29(25(30)18-4-8-20(27)9-5-18)13-16-1-10-22-24(11-16)32-15-31-22/h1-12H,13-15H2. The van der Waals surface area contributed by atoms with Crippen LogP contribution in [-0.2, 0) is 13.1 Å². The summed E-state index contributed by atoms with van der Waals surface area (Å²) in [6, 6.07) is 18.4. The molecule has 33 heavy (non-hydrogen) atoms. The Kier molecular flexibility index (Phi) is 5.48. The summed E-state index contributed by atoms with van der Waals surface area (Å²) in [4.78, 5) is 14.8. The van der Waals surface area contributed by atoms with E-state index < -0.39 is 5.82 Å². The maximum absolute atomic E-state index is 13.4. The van der Waals surface area contributed by atoms with E-state index in [2.05, 4.69) is 5.16 Å². The van der Waals surface area contributed by atoms with Gasteiger partial charge >= 0.3 is 0 Å². The minimum atomic E-state index is -0.422. The average molecular weight is 448 g/mol. The molecular formula is C25H18F2N2O4. The van der Waals surface area contributed by atoms with Crippen LogP contribution in [0, 0.1) is 11.6 Å². The maximum Gasteiger partial charge on any atom is 0.254 e. The van der Waals surface area contributed by atoms with E-state index in [9.17, 15) is 13.6 Å². The van der Waals surface area contributed by atoms with Crippen molar-refractivity contribution in [3.8, 4) is 22.8 Å². The Balaban J connectivity index is 1.41. The van der Waals surface area contributed by atoms with E-state index >= 15 is 0 Å². The van der Waals surface area contributed by atoms with E-state index in [-0.39, 0.29) is 31.6 Å². The molecule has 0 unspecified atom stereocenters. The molecule has 0 radical (unpaired) electrons. The third kappa shape index (κ3) is 4.55. The molecule has 4 aromatic rings. The molecule has 0 N–H and O–H groups in total. The minimum absolute atomic E-state index is 0.148. The smallest absolute Gasteiger partial charge is 0.254 e. The van der Waals surface area contributed by atoms with Crippen LogP contribution in [0.4, 0.5) is 8.78 Å². The Morgan fingerprint density at radius 3 is 2.30 bits per heavy atom. The van der Waals surface area contributed by atoms with Crippen LogP contribution in [0.15, 0.2) is 77.3 Å². The van der Waals surface area contributed by atoms with E-state index in [1.807, 2.05) is 12.1 Å². The predicted octanol–water partition coefficient (Wildman–Crippen LogP) is 5.19. The number of nitrogens with zero attached hydrogens (tertiary/aromatic N) is 2. The quantitative estimate of drug-likeness (QED) is 0.406. The van der Waals surface area contributed by atoms with E-state index in [0.717, 1.165) is 5.56 Å². The zero-order valence-corrected chi connectivity index (χ0v) is 17.3. The largest absolute Gasteiger partial charge is 0.454 e. The van der Waals surface area contributed by atoms with Gasteiger partial charge in [-0.3, -0.25) is 4.79 Å². The molecule has 0 fully saturated rings. The number of amides is 1. The Bertz CT molecular complexity index is 1290. The number of carbonyl (C=O) groups is 1. The van der Waals surface area contributed by atoms with Crippen molar-refractivity contribution in [2.45, 2.75) is 13.1 Å². The third-order valence-corrected chi connectivity index (χ3v) is 5.23. The molecule has 0 spiro atoms. The molecule has 1 amide bonds. The molecule has 3 aromatic carbocycles. The molecule has 166 valence electrons. The van der Waals surface area contributed by atoms with E-state index in [1.165, 1.54) is 36.4 Å². The monoisotopic (exact) mass is 448 g/mol. The lowest BCUT2D eigenvalue weighted by Gasteiger charge is -2.22. The highest BCUT2D eigenvalue weighted by Crippen LogP contribution is 2.33. The number of carbonyl (C=O) groups excluding carboxylic acids is 1. The summed E-state index contributed by atoms with van der Waals surface area (Å²) in [5.41, 5.74) is 2.37. The fourth-order valence-corrected chi connectivity index (χ4v) is 3.57. The first-order chi connectivity index (χ1) is 16.0. The maximum atomic E-state index is 13.4. The predicted molar refractivity (Wildman–Crippen MR) is 114 cm³/mol. The average Bonchev–Trinajstić information content (AvgIpc) is 3.48. The molecule has 2 heterocycles. The number of rotatable bonds is 6. The number of benzene rings is 3. The summed E-state index contributed by atoms with van der Waals surface area (Å²) in [5, 5.41) is 4.08. The van der Waals surface area contributed by atoms with Crippen molar-refractivity contribution >= 4 is 5.91 Å². The fourth-order valence-electron chi connectivity index (χ4n) is 3.57. The second kappa shape index (κ2) is 8.74. The Morgan fingerprint density at radius 1 is 0.848 bits per heavy atom. The van der Waals surface area contributed by atoms with Gasteiger partial charge in [0.2, 0.25) is 6.79 Å². The van der Waals surface area contributed by atoms with Crippen molar-refractivity contribution in [3.63, 3.8) is 0 Å². The van der Waals surface area contributed by atoms with Gasteiger partial charge in [0.1, 0.15) is 17.3 Å². The first kappa shape index (κ1) is 20.7. The summed E-state index contributed by atoms with van der Waals surface area (Å²) < 4.78 is 42.8. The summed E-state index contributed by atoms with van der Waals surface area (Å²) in [6.07, 6.45) is 0. The summed E-state index contributed by atoms with van der Waals surface area (Å²) in [7, 11) is 0. The lowest BCUT2D eigenvalue weighted by Crippen LogP contribution is -2.30. The molecule has 5 rings (SSSR count). The SMILES string of the molecule is O=C(c1ccc(F)cc1)N(Cc1ccc2c(c1)OCO2)Cc1cc(-c2ccc(F)cc2)on1. The topological polar surface area (TPSA) is 64.8 Å². The van der Waals surface area contributed by atoms with Gasteiger partial charge in [-0.1, -0.05) is 11.2 Å². The van der Waals surface area contributed by atoms with Crippen molar-refractivity contribution in [2.75, 3.05) is 6.79 Å². The molecule has 6 nitrogen and oxygen atoms in total. The van der Waals surface area contributed by atoms with Crippen LogP contribution in [0.5, 0.6) is 11.5 Å². The van der Waals surface area contributed by atoms with Crippen molar-refractivity contribution in [1.82, 2.24) is 10.1 Å². The third-order valence-electron chi connectivity index (χ3n) is 5.23. The van der Waals surface area contributed by atoms with Crippen molar-refractivity contribution in [1.29, 1.82) is 0 Å². The second-order valence-electron chi connectivity index (χ2n) is 7.55. The highest BCUT2D eigenvalue weighted by atomic mass is 19.1. The van der Waals surface area contributed by atoms with Crippen LogP contribution in [0.25, 0.3) is 11.3 Å². The van der Waals surface area contributed by atoms with Gasteiger partial charge in [0.05, 0.1) is 6.54 Å². The van der Waals surface area contributed by atoms with Crippen LogP contribution in [-0.4, -0.2) is 22.8 Å². The number of hydrogen-bond donors (Lipinski definition) is 0. The zero-order chi connectivity index (χ0) is 22.8. The summed E-state index contributed by atoms with van der Waals surface area (Å²) in [5.74, 6) is 0.658. The van der Waals surface area contributed by atoms with Gasteiger partial charge in [0.25, 0.3) is 5.91 Å². The molecule has 0 aliphatic carbocycles. The van der Waals surface area contributed by atoms with Gasteiger partial charge in [-0.25, -0.2) is 8.78 Å². The van der Waals surface area contributed by atoms with Gasteiger partial charge in [-0.15, -0.1) is 0 Å². The van der Waals surface area contributed by atoms with Gasteiger partial charge in [-0.2, -0.15) is 0 Å². The summed E-state index contributed by atoms with van der Waals surface area (Å²) >= 11 is 0. The molecule has 8 heteroatoms. The van der Waals surface area contributed by atoms with Gasteiger partial charge < -0.3 is 18.9 Å². The van der Waals surface area contributed by atoms with Crippen molar-refractivity contribution in [2.24, 2.45) is 0 Å². The molecule has 0 bridgehead atoms. The number of halogens is 2. The van der Waals surface area contributed by atoms with Crippen molar-refractivity contribution in [3.05, 3.63) is 101 Å². The van der Waals surface area contributed by atoms with Gasteiger partial charge in [-0.05, 0) is 66.2 Å². The zero-order valence-electron chi connectivity index (χ0n) is 17.3. The molecule has 1 aliphatic heterocycles. The molecule has 0 saturated carbocycles.